The maximum absolute atomic E-state index is 13.8. The van der Waals surface area contributed by atoms with Gasteiger partial charge in [-0.2, -0.15) is 0 Å². The van der Waals surface area contributed by atoms with E-state index in [-0.39, 0.29) is 18.9 Å². The van der Waals surface area contributed by atoms with Gasteiger partial charge in [-0.15, -0.1) is 0 Å². The van der Waals surface area contributed by atoms with Crippen molar-refractivity contribution in [1.82, 2.24) is 15.6 Å². The maximum atomic E-state index is 13.8. The monoisotopic (exact) mass is 520 g/mol. The molecule has 0 aliphatic carbocycles. The first kappa shape index (κ1) is 32.0. The van der Waals surface area contributed by atoms with Crippen molar-refractivity contribution in [2.24, 2.45) is 17.7 Å². The third kappa shape index (κ3) is 8.53. The molecule has 10 nitrogen and oxygen atoms in total. The van der Waals surface area contributed by atoms with Crippen LogP contribution in [0.1, 0.15) is 65.9 Å². The number of nitrogens with zero attached hydrogens (tertiary/aromatic N) is 1. The van der Waals surface area contributed by atoms with Gasteiger partial charge in [0, 0.05) is 6.42 Å². The largest absolute Gasteiger partial charge is 0.453 e. The molecular weight excluding hydrogens is 476 g/mol. The molecular formula is C27H44N4O6. The lowest BCUT2D eigenvalue weighted by atomic mass is 9.77. The van der Waals surface area contributed by atoms with Crippen molar-refractivity contribution >= 4 is 23.7 Å². The van der Waals surface area contributed by atoms with Crippen molar-refractivity contribution in [2.75, 3.05) is 13.7 Å². The fourth-order valence-corrected chi connectivity index (χ4v) is 4.24. The number of aliphatic hydroxyl groups is 1. The summed E-state index contributed by atoms with van der Waals surface area (Å²) in [6.07, 6.45) is 2.25. The van der Waals surface area contributed by atoms with Crippen LogP contribution in [-0.2, 0) is 25.5 Å². The van der Waals surface area contributed by atoms with E-state index in [1.54, 1.807) is 13.8 Å². The predicted molar refractivity (Wildman–Crippen MR) is 141 cm³/mol. The highest BCUT2D eigenvalue weighted by atomic mass is 16.5. The Hall–Kier alpha value is -2.98. The van der Waals surface area contributed by atoms with Gasteiger partial charge in [0.1, 0.15) is 0 Å². The van der Waals surface area contributed by atoms with Crippen LogP contribution in [0.5, 0.6) is 0 Å². The maximum Gasteiger partial charge on any atom is 0.407 e. The topological polar surface area (TPSA) is 151 Å². The number of aliphatic hydroxyl groups excluding tert-OH is 1. The van der Waals surface area contributed by atoms with Gasteiger partial charge >= 0.3 is 6.09 Å². The lowest BCUT2D eigenvalue weighted by molar-refractivity contribution is -0.161. The number of carbonyl (C=O) groups excluding carboxylic acids is 4. The predicted octanol–water partition coefficient (Wildman–Crippen LogP) is 2.33. The number of hydrazine groups is 1. The van der Waals surface area contributed by atoms with Gasteiger partial charge in [0.2, 0.25) is 5.91 Å². The summed E-state index contributed by atoms with van der Waals surface area (Å²) in [4.78, 5) is 52.5. The van der Waals surface area contributed by atoms with E-state index in [0.29, 0.717) is 6.42 Å². The molecule has 3 atom stereocenters. The first-order valence-electron chi connectivity index (χ1n) is 12.9. The summed E-state index contributed by atoms with van der Waals surface area (Å²) in [5.74, 6) is 3.27. The van der Waals surface area contributed by atoms with Gasteiger partial charge in [0.25, 0.3) is 5.91 Å². The minimum absolute atomic E-state index is 0.0484. The van der Waals surface area contributed by atoms with E-state index in [1.165, 1.54) is 12.5 Å². The number of unbranched alkanes of at least 4 members (excludes halogenated alkanes) is 2. The molecule has 1 rings (SSSR count). The minimum atomic E-state index is -2.12. The standard InChI is InChI=1S/C27H44N4O6/c1-18(2)22(17-32)30-25(35)27(19(3)4,24(34)20(5)29-26(36)37-6)31(28)23(33)16-12-8-11-15-21-13-9-7-10-14-21/h7,9-10,13-14,18-20,22,32H,8,11-12,15-17,28H2,1-6H3,(H,29,36)(H,30,35)/t20-,22+,27+/m0/s1. The molecule has 0 aliphatic heterocycles. The number of Topliss-reactive ketones (excluding diaryl/α,β-unsaturated/α-hetero) is 1. The fourth-order valence-electron chi connectivity index (χ4n) is 4.24. The average molecular weight is 521 g/mol. The highest BCUT2D eigenvalue weighted by Crippen LogP contribution is 2.28. The zero-order chi connectivity index (χ0) is 28.2. The zero-order valence-corrected chi connectivity index (χ0v) is 23.0. The van der Waals surface area contributed by atoms with E-state index in [9.17, 15) is 24.3 Å². The van der Waals surface area contributed by atoms with E-state index < -0.39 is 47.2 Å². The van der Waals surface area contributed by atoms with Gasteiger partial charge in [0.15, 0.2) is 11.3 Å². The second kappa shape index (κ2) is 15.3. The molecule has 0 fully saturated rings. The molecule has 10 heteroatoms. The number of hydrogen-bond acceptors (Lipinski definition) is 7. The number of rotatable bonds is 15. The Morgan fingerprint density at radius 3 is 2.14 bits per heavy atom. The molecule has 0 bridgehead atoms. The number of hydrogen-bond donors (Lipinski definition) is 4. The Bertz CT molecular complexity index is 892. The number of alkyl carbamates (subject to hydrolysis) is 1. The van der Waals surface area contributed by atoms with Crippen LogP contribution in [-0.4, -0.2) is 65.1 Å². The zero-order valence-electron chi connectivity index (χ0n) is 23.0. The number of aryl methyl sites for hydroxylation is 1. The van der Waals surface area contributed by atoms with Crippen molar-refractivity contribution in [3.05, 3.63) is 35.9 Å². The third-order valence-corrected chi connectivity index (χ3v) is 6.64. The summed E-state index contributed by atoms with van der Waals surface area (Å²) in [6, 6.07) is 8.18. The van der Waals surface area contributed by atoms with Crippen LogP contribution in [0, 0.1) is 11.8 Å². The van der Waals surface area contributed by atoms with Crippen LogP contribution in [0.3, 0.4) is 0 Å². The van der Waals surface area contributed by atoms with Gasteiger partial charge in [-0.05, 0) is 43.6 Å². The average Bonchev–Trinajstić information content (AvgIpc) is 2.87. The van der Waals surface area contributed by atoms with Crippen LogP contribution in [0.25, 0.3) is 0 Å². The molecule has 0 unspecified atom stereocenters. The van der Waals surface area contributed by atoms with E-state index in [4.69, 9.17) is 5.84 Å². The Morgan fingerprint density at radius 2 is 1.62 bits per heavy atom. The van der Waals surface area contributed by atoms with Crippen LogP contribution >= 0.6 is 0 Å². The molecule has 0 aromatic heterocycles. The van der Waals surface area contributed by atoms with Gasteiger partial charge in [0.05, 0.1) is 25.8 Å². The highest BCUT2D eigenvalue weighted by Gasteiger charge is 2.56. The second-order valence-electron chi connectivity index (χ2n) is 9.96. The summed E-state index contributed by atoms with van der Waals surface area (Å²) >= 11 is 0. The minimum Gasteiger partial charge on any atom is -0.453 e. The number of carbonyl (C=O) groups is 4. The SMILES string of the molecule is COC(=O)N[C@@H](C)C(=O)[C@@](C(=O)N[C@H](CO)C(C)C)(C(C)C)N(N)C(=O)CCCCCc1ccccc1. The number of benzene rings is 1. The van der Waals surface area contributed by atoms with Crippen LogP contribution < -0.4 is 16.5 Å². The van der Waals surface area contributed by atoms with E-state index >= 15 is 0 Å². The van der Waals surface area contributed by atoms with Crippen molar-refractivity contribution in [3.8, 4) is 0 Å². The Labute approximate surface area is 220 Å². The number of methoxy groups -OCH3 is 1. The molecule has 37 heavy (non-hydrogen) atoms. The molecule has 1 aromatic carbocycles. The normalized spacial score (nSPS) is 14.4. The van der Waals surface area contributed by atoms with Crippen LogP contribution in [0.15, 0.2) is 30.3 Å². The molecule has 0 aliphatic rings. The quantitative estimate of drug-likeness (QED) is 0.0911. The lowest BCUT2D eigenvalue weighted by Crippen LogP contribution is -2.73. The Morgan fingerprint density at radius 1 is 1.00 bits per heavy atom. The molecule has 208 valence electrons. The first-order valence-corrected chi connectivity index (χ1v) is 12.9. The van der Waals surface area contributed by atoms with E-state index in [1.807, 2.05) is 44.2 Å². The van der Waals surface area contributed by atoms with E-state index in [2.05, 4.69) is 15.4 Å². The van der Waals surface area contributed by atoms with Gasteiger partial charge in [-0.1, -0.05) is 64.4 Å². The molecule has 0 saturated heterocycles. The van der Waals surface area contributed by atoms with Gasteiger partial charge in [-0.25, -0.2) is 10.6 Å². The summed E-state index contributed by atoms with van der Waals surface area (Å²) in [5.41, 5.74) is -0.907. The third-order valence-electron chi connectivity index (χ3n) is 6.64. The summed E-state index contributed by atoms with van der Waals surface area (Å²) in [6.45, 7) is 7.88. The number of amides is 3. The molecule has 0 spiro atoms. The fraction of sp³-hybridized carbons (Fsp3) is 0.630. The molecule has 1 aromatic rings. The highest BCUT2D eigenvalue weighted by molar-refractivity contribution is 6.15. The van der Waals surface area contributed by atoms with Crippen molar-refractivity contribution in [2.45, 2.75) is 84.3 Å². The Balaban J connectivity index is 3.14. The number of ether oxygens (including phenoxy) is 1. The second-order valence-corrected chi connectivity index (χ2v) is 9.96. The van der Waals surface area contributed by atoms with Crippen molar-refractivity contribution in [3.63, 3.8) is 0 Å². The van der Waals surface area contributed by atoms with E-state index in [0.717, 1.165) is 31.4 Å². The van der Waals surface area contributed by atoms with Gasteiger partial charge in [-0.3, -0.25) is 19.4 Å². The summed E-state index contributed by atoms with van der Waals surface area (Å²) < 4.78 is 4.59. The molecule has 3 amide bonds. The molecule has 0 heterocycles. The molecule has 5 N–H and O–H groups in total. The van der Waals surface area contributed by atoms with Crippen molar-refractivity contribution < 1.29 is 29.0 Å². The lowest BCUT2D eigenvalue weighted by Gasteiger charge is -2.43. The molecule has 0 saturated carbocycles. The summed E-state index contributed by atoms with van der Waals surface area (Å²) in [7, 11) is 1.15. The van der Waals surface area contributed by atoms with Gasteiger partial charge < -0.3 is 20.5 Å². The summed E-state index contributed by atoms with van der Waals surface area (Å²) in [5, 5.41) is 15.5. The Kier molecular flexibility index (Phi) is 13.3. The number of ketones is 1. The van der Waals surface area contributed by atoms with Crippen LogP contribution in [0.2, 0.25) is 0 Å². The first-order chi connectivity index (χ1) is 17.4. The smallest absolute Gasteiger partial charge is 0.407 e. The van der Waals surface area contributed by atoms with Crippen molar-refractivity contribution in [1.29, 1.82) is 0 Å². The number of nitrogens with two attached hydrogens (primary N) is 1. The molecule has 0 radical (unpaired) electrons. The van der Waals surface area contributed by atoms with Crippen LogP contribution in [0.4, 0.5) is 4.79 Å². The number of nitrogens with one attached hydrogen (secondary N) is 2.